The van der Waals surface area contributed by atoms with E-state index in [1.807, 2.05) is 0 Å². The Balaban J connectivity index is 3.24. The number of methoxy groups -OCH3 is 2. The summed E-state index contributed by atoms with van der Waals surface area (Å²) in [6.45, 7) is 0. The van der Waals surface area contributed by atoms with Gasteiger partial charge < -0.3 is 9.47 Å². The molecule has 1 aromatic carbocycles. The number of nitrogens with two attached hydrogens (primary N) is 1. The highest BCUT2D eigenvalue weighted by atomic mass is 79.9. The molecule has 0 saturated carbocycles. The second-order valence-corrected chi connectivity index (χ2v) is 4.10. The van der Waals surface area contributed by atoms with Gasteiger partial charge in [0.05, 0.1) is 4.47 Å². The number of halogens is 3. The fourth-order valence-electron chi connectivity index (χ4n) is 1.49. The van der Waals surface area contributed by atoms with Crippen molar-refractivity contribution in [2.75, 3.05) is 14.2 Å². The minimum atomic E-state index is -0.956. The summed E-state index contributed by atoms with van der Waals surface area (Å²) in [6, 6.07) is 1.45. The molecule has 0 spiro atoms. The largest absolute Gasteiger partial charge is 0.354 e. The first-order valence-electron chi connectivity index (χ1n) is 4.71. The van der Waals surface area contributed by atoms with E-state index in [0.717, 1.165) is 6.07 Å². The predicted molar refractivity (Wildman–Crippen MR) is 61.9 cm³/mol. The Hall–Kier alpha value is -0.600. The van der Waals surface area contributed by atoms with Crippen LogP contribution in [-0.4, -0.2) is 20.5 Å². The van der Waals surface area contributed by atoms with Crippen molar-refractivity contribution < 1.29 is 18.3 Å². The van der Waals surface area contributed by atoms with Crippen LogP contribution < -0.4 is 11.3 Å². The van der Waals surface area contributed by atoms with Gasteiger partial charge in [-0.05, 0) is 28.1 Å². The van der Waals surface area contributed by atoms with Crippen LogP contribution in [0.5, 0.6) is 0 Å². The van der Waals surface area contributed by atoms with Gasteiger partial charge in [-0.2, -0.15) is 0 Å². The summed E-state index contributed by atoms with van der Waals surface area (Å²) in [4.78, 5) is 0. The van der Waals surface area contributed by atoms with E-state index in [2.05, 4.69) is 21.4 Å². The zero-order valence-electron chi connectivity index (χ0n) is 9.34. The summed E-state index contributed by atoms with van der Waals surface area (Å²) in [7, 11) is 2.71. The SMILES string of the molecule is COC(OC)C(NN)c1c(F)ccc(Br)c1F. The lowest BCUT2D eigenvalue weighted by Gasteiger charge is -2.25. The molecule has 96 valence electrons. The molecule has 17 heavy (non-hydrogen) atoms. The van der Waals surface area contributed by atoms with Crippen LogP contribution in [0.15, 0.2) is 16.6 Å². The van der Waals surface area contributed by atoms with Crippen LogP contribution in [0.1, 0.15) is 11.6 Å². The van der Waals surface area contributed by atoms with Crippen molar-refractivity contribution in [3.05, 3.63) is 33.8 Å². The van der Waals surface area contributed by atoms with Gasteiger partial charge in [-0.25, -0.2) is 14.2 Å². The molecule has 0 aliphatic rings. The van der Waals surface area contributed by atoms with Crippen molar-refractivity contribution in [2.45, 2.75) is 12.3 Å². The van der Waals surface area contributed by atoms with Gasteiger partial charge in [0.2, 0.25) is 0 Å². The Morgan fingerprint density at radius 1 is 1.29 bits per heavy atom. The van der Waals surface area contributed by atoms with Gasteiger partial charge >= 0.3 is 0 Å². The van der Waals surface area contributed by atoms with E-state index in [1.54, 1.807) is 0 Å². The summed E-state index contributed by atoms with van der Waals surface area (Å²) in [6.07, 6.45) is -0.904. The van der Waals surface area contributed by atoms with Gasteiger partial charge in [0.15, 0.2) is 6.29 Å². The second-order valence-electron chi connectivity index (χ2n) is 3.24. The lowest BCUT2D eigenvalue weighted by atomic mass is 10.1. The Bertz CT molecular complexity index is 389. The number of hydrogen-bond donors (Lipinski definition) is 2. The number of nitrogens with one attached hydrogen (secondary N) is 1. The molecule has 0 aliphatic heterocycles. The van der Waals surface area contributed by atoms with E-state index in [9.17, 15) is 8.78 Å². The average molecular weight is 311 g/mol. The van der Waals surface area contributed by atoms with Crippen LogP contribution in [0.25, 0.3) is 0 Å². The fourth-order valence-corrected chi connectivity index (χ4v) is 1.84. The van der Waals surface area contributed by atoms with Crippen molar-refractivity contribution in [3.8, 4) is 0 Å². The monoisotopic (exact) mass is 310 g/mol. The molecule has 0 aliphatic carbocycles. The average Bonchev–Trinajstić information content (AvgIpc) is 2.33. The van der Waals surface area contributed by atoms with Crippen LogP contribution in [-0.2, 0) is 9.47 Å². The molecule has 0 saturated heterocycles. The van der Waals surface area contributed by atoms with Crippen molar-refractivity contribution in [1.29, 1.82) is 0 Å². The van der Waals surface area contributed by atoms with Crippen LogP contribution in [0.2, 0.25) is 0 Å². The number of ether oxygens (including phenoxy) is 2. The first-order chi connectivity index (χ1) is 8.06. The molecule has 0 amide bonds. The van der Waals surface area contributed by atoms with E-state index < -0.39 is 24.0 Å². The summed E-state index contributed by atoms with van der Waals surface area (Å²) in [5.74, 6) is 3.81. The Morgan fingerprint density at radius 3 is 2.35 bits per heavy atom. The van der Waals surface area contributed by atoms with Crippen molar-refractivity contribution in [1.82, 2.24) is 5.43 Å². The maximum Gasteiger partial charge on any atom is 0.177 e. The van der Waals surface area contributed by atoms with Gasteiger partial charge in [0, 0.05) is 19.8 Å². The third kappa shape index (κ3) is 2.99. The predicted octanol–water partition coefficient (Wildman–Crippen LogP) is 1.85. The van der Waals surface area contributed by atoms with Crippen molar-refractivity contribution in [2.24, 2.45) is 5.84 Å². The third-order valence-electron chi connectivity index (χ3n) is 2.31. The van der Waals surface area contributed by atoms with E-state index in [4.69, 9.17) is 15.3 Å². The molecule has 0 radical (unpaired) electrons. The molecule has 0 aromatic heterocycles. The summed E-state index contributed by atoms with van der Waals surface area (Å²) in [5, 5.41) is 0. The van der Waals surface area contributed by atoms with Gasteiger partial charge in [-0.15, -0.1) is 0 Å². The molecule has 1 aromatic rings. The maximum atomic E-state index is 13.8. The molecular formula is C10H13BrF2N2O2. The Morgan fingerprint density at radius 2 is 1.88 bits per heavy atom. The van der Waals surface area contributed by atoms with Gasteiger partial charge in [0.25, 0.3) is 0 Å². The standard InChI is InChI=1S/C10H13BrF2N2O2/c1-16-10(17-2)9(15-14)7-6(12)4-3-5(11)8(7)13/h3-4,9-10,15H,14H2,1-2H3. The van der Waals surface area contributed by atoms with Gasteiger partial charge in [0.1, 0.15) is 17.7 Å². The van der Waals surface area contributed by atoms with E-state index in [0.29, 0.717) is 0 Å². The third-order valence-corrected chi connectivity index (χ3v) is 2.92. The summed E-state index contributed by atoms with van der Waals surface area (Å²) >= 11 is 2.98. The lowest BCUT2D eigenvalue weighted by Crippen LogP contribution is -2.39. The molecule has 1 rings (SSSR count). The Labute approximate surface area is 106 Å². The van der Waals surface area contributed by atoms with E-state index in [1.165, 1.54) is 20.3 Å². The lowest BCUT2D eigenvalue weighted by molar-refractivity contribution is -0.125. The molecular weight excluding hydrogens is 298 g/mol. The highest BCUT2D eigenvalue weighted by Gasteiger charge is 2.28. The number of benzene rings is 1. The quantitative estimate of drug-likeness (QED) is 0.377. The summed E-state index contributed by atoms with van der Waals surface area (Å²) in [5.41, 5.74) is 2.04. The van der Waals surface area contributed by atoms with E-state index in [-0.39, 0.29) is 10.0 Å². The number of hydrogen-bond acceptors (Lipinski definition) is 4. The summed E-state index contributed by atoms with van der Waals surface area (Å²) < 4.78 is 37.5. The molecule has 7 heteroatoms. The highest BCUT2D eigenvalue weighted by molar-refractivity contribution is 9.10. The van der Waals surface area contributed by atoms with Gasteiger partial charge in [-0.3, -0.25) is 5.84 Å². The Kier molecular flexibility index (Phi) is 5.41. The van der Waals surface area contributed by atoms with Crippen molar-refractivity contribution in [3.63, 3.8) is 0 Å². The zero-order valence-corrected chi connectivity index (χ0v) is 10.9. The molecule has 1 atom stereocenters. The molecule has 0 heterocycles. The van der Waals surface area contributed by atoms with Crippen molar-refractivity contribution >= 4 is 15.9 Å². The maximum absolute atomic E-state index is 13.8. The molecule has 0 fully saturated rings. The molecule has 1 unspecified atom stereocenters. The van der Waals surface area contributed by atoms with Crippen LogP contribution in [0.4, 0.5) is 8.78 Å². The first-order valence-corrected chi connectivity index (χ1v) is 5.51. The molecule has 0 bridgehead atoms. The van der Waals surface area contributed by atoms with Crippen LogP contribution in [0, 0.1) is 11.6 Å². The normalized spacial score (nSPS) is 13.1. The highest BCUT2D eigenvalue weighted by Crippen LogP contribution is 2.29. The number of rotatable bonds is 5. The molecule has 3 N–H and O–H groups in total. The second kappa shape index (κ2) is 6.36. The smallest absolute Gasteiger partial charge is 0.177 e. The van der Waals surface area contributed by atoms with Gasteiger partial charge in [-0.1, -0.05) is 0 Å². The van der Waals surface area contributed by atoms with E-state index >= 15 is 0 Å². The van der Waals surface area contributed by atoms with Crippen LogP contribution >= 0.6 is 15.9 Å². The molecule has 4 nitrogen and oxygen atoms in total. The number of hydrazine groups is 1. The fraction of sp³-hybridized carbons (Fsp3) is 0.400. The first kappa shape index (κ1) is 14.5. The minimum absolute atomic E-state index is 0.139. The topological polar surface area (TPSA) is 56.5 Å². The zero-order chi connectivity index (χ0) is 13.0. The van der Waals surface area contributed by atoms with Crippen LogP contribution in [0.3, 0.4) is 0 Å². The minimum Gasteiger partial charge on any atom is -0.354 e.